The lowest BCUT2D eigenvalue weighted by atomic mass is 10.1. The van der Waals surface area contributed by atoms with Crippen molar-refractivity contribution in [3.63, 3.8) is 0 Å². The number of anilines is 1. The molecule has 136 valence electrons. The molecule has 6 heteroatoms. The minimum atomic E-state index is 0.266. The highest BCUT2D eigenvalue weighted by Gasteiger charge is 2.25. The molecule has 2 aromatic rings. The summed E-state index contributed by atoms with van der Waals surface area (Å²) in [6.07, 6.45) is 5.81. The van der Waals surface area contributed by atoms with Gasteiger partial charge in [0.2, 0.25) is 0 Å². The molecule has 0 unspecified atom stereocenters. The van der Waals surface area contributed by atoms with Crippen LogP contribution in [0.1, 0.15) is 44.7 Å². The Hall–Kier alpha value is -1.66. The highest BCUT2D eigenvalue weighted by molar-refractivity contribution is 5.51. The average molecular weight is 343 g/mol. The van der Waals surface area contributed by atoms with E-state index in [4.69, 9.17) is 9.72 Å². The summed E-state index contributed by atoms with van der Waals surface area (Å²) in [6, 6.07) is 4.20. The molecule has 2 fully saturated rings. The van der Waals surface area contributed by atoms with Gasteiger partial charge in [0.05, 0.1) is 12.3 Å². The summed E-state index contributed by atoms with van der Waals surface area (Å²) in [7, 11) is 0. The fourth-order valence-electron chi connectivity index (χ4n) is 3.90. The molecule has 0 aromatic carbocycles. The smallest absolute Gasteiger partial charge is 0.157 e. The molecule has 0 saturated carbocycles. The first-order valence-electron chi connectivity index (χ1n) is 9.64. The Morgan fingerprint density at radius 1 is 1.20 bits per heavy atom. The van der Waals surface area contributed by atoms with Crippen molar-refractivity contribution < 1.29 is 4.74 Å². The third kappa shape index (κ3) is 3.65. The Kier molecular flexibility index (Phi) is 4.90. The topological polar surface area (TPSA) is 45.9 Å². The maximum Gasteiger partial charge on any atom is 0.157 e. The van der Waals surface area contributed by atoms with E-state index in [0.29, 0.717) is 5.92 Å². The molecular formula is C19H29N5O. The van der Waals surface area contributed by atoms with Gasteiger partial charge in [-0.25, -0.2) is 4.98 Å². The number of fused-ring (bicyclic) bond motifs is 1. The van der Waals surface area contributed by atoms with E-state index >= 15 is 0 Å². The SMILES string of the molecule is CC(C)c1cc(N2CCCO[C@@H](CN3CCCC3)C2)n2nccc2n1. The predicted octanol–water partition coefficient (Wildman–Crippen LogP) is 2.54. The van der Waals surface area contributed by atoms with Gasteiger partial charge in [-0.1, -0.05) is 13.8 Å². The number of likely N-dealkylation sites (tertiary alicyclic amines) is 1. The van der Waals surface area contributed by atoms with Gasteiger partial charge in [-0.15, -0.1) is 0 Å². The molecule has 0 bridgehead atoms. The van der Waals surface area contributed by atoms with Crippen LogP contribution in [0.25, 0.3) is 5.65 Å². The van der Waals surface area contributed by atoms with Crippen molar-refractivity contribution in [2.24, 2.45) is 0 Å². The largest absolute Gasteiger partial charge is 0.375 e. The molecule has 1 atom stereocenters. The van der Waals surface area contributed by atoms with Crippen molar-refractivity contribution in [3.8, 4) is 0 Å². The van der Waals surface area contributed by atoms with Crippen molar-refractivity contribution in [3.05, 3.63) is 24.0 Å². The van der Waals surface area contributed by atoms with Gasteiger partial charge in [-0.05, 0) is 38.3 Å². The second-order valence-electron chi connectivity index (χ2n) is 7.60. The minimum Gasteiger partial charge on any atom is -0.375 e. The highest BCUT2D eigenvalue weighted by Crippen LogP contribution is 2.24. The number of aromatic nitrogens is 3. The second-order valence-corrected chi connectivity index (χ2v) is 7.60. The van der Waals surface area contributed by atoms with Gasteiger partial charge in [0.1, 0.15) is 5.82 Å². The quantitative estimate of drug-likeness (QED) is 0.854. The molecule has 2 aliphatic rings. The first kappa shape index (κ1) is 16.8. The Morgan fingerprint density at radius 2 is 2.04 bits per heavy atom. The number of hydrogen-bond acceptors (Lipinski definition) is 5. The molecule has 4 rings (SSSR count). The monoisotopic (exact) mass is 343 g/mol. The third-order valence-electron chi connectivity index (χ3n) is 5.29. The van der Waals surface area contributed by atoms with E-state index in [1.165, 1.54) is 25.9 Å². The summed E-state index contributed by atoms with van der Waals surface area (Å²) in [5, 5.41) is 4.51. The van der Waals surface area contributed by atoms with Gasteiger partial charge in [-0.2, -0.15) is 9.61 Å². The Labute approximate surface area is 149 Å². The van der Waals surface area contributed by atoms with E-state index in [-0.39, 0.29) is 6.10 Å². The molecule has 2 aliphatic heterocycles. The van der Waals surface area contributed by atoms with Crippen LogP contribution < -0.4 is 4.90 Å². The molecule has 0 aliphatic carbocycles. The molecule has 0 radical (unpaired) electrons. The van der Waals surface area contributed by atoms with E-state index in [0.717, 1.165) is 49.8 Å². The van der Waals surface area contributed by atoms with Crippen molar-refractivity contribution >= 4 is 11.5 Å². The lowest BCUT2D eigenvalue weighted by molar-refractivity contribution is 0.0450. The maximum absolute atomic E-state index is 6.16. The zero-order valence-electron chi connectivity index (χ0n) is 15.4. The van der Waals surface area contributed by atoms with Crippen LogP contribution >= 0.6 is 0 Å². The standard InChI is InChI=1S/C19H29N5O/c1-15(2)17-12-19(24-18(21-17)6-7-20-24)23-10-5-11-25-16(14-23)13-22-8-3-4-9-22/h6-7,12,15-16H,3-5,8-11,13-14H2,1-2H3/t16-/m0/s1. The first-order chi connectivity index (χ1) is 12.2. The number of nitrogens with zero attached hydrogens (tertiary/aromatic N) is 5. The molecule has 0 N–H and O–H groups in total. The van der Waals surface area contributed by atoms with E-state index in [1.54, 1.807) is 0 Å². The first-order valence-corrected chi connectivity index (χ1v) is 9.64. The molecule has 2 aromatic heterocycles. The van der Waals surface area contributed by atoms with E-state index in [9.17, 15) is 0 Å². The summed E-state index contributed by atoms with van der Waals surface area (Å²) in [6.45, 7) is 10.6. The summed E-state index contributed by atoms with van der Waals surface area (Å²) < 4.78 is 8.14. The van der Waals surface area contributed by atoms with Crippen LogP contribution in [0, 0.1) is 0 Å². The van der Waals surface area contributed by atoms with Crippen LogP contribution in [0.3, 0.4) is 0 Å². The van der Waals surface area contributed by atoms with Gasteiger partial charge in [0.15, 0.2) is 5.65 Å². The van der Waals surface area contributed by atoms with Gasteiger partial charge in [0.25, 0.3) is 0 Å². The van der Waals surface area contributed by atoms with Gasteiger partial charge < -0.3 is 14.5 Å². The van der Waals surface area contributed by atoms with Gasteiger partial charge in [-0.3, -0.25) is 0 Å². The van der Waals surface area contributed by atoms with Gasteiger partial charge in [0, 0.05) is 44.1 Å². The Balaban J connectivity index is 1.60. The van der Waals surface area contributed by atoms with Crippen molar-refractivity contribution in [2.45, 2.75) is 45.1 Å². The maximum atomic E-state index is 6.16. The fourth-order valence-corrected chi connectivity index (χ4v) is 3.90. The lowest BCUT2D eigenvalue weighted by Gasteiger charge is -2.28. The Morgan fingerprint density at radius 3 is 2.84 bits per heavy atom. The van der Waals surface area contributed by atoms with Crippen LogP contribution in [0.15, 0.2) is 18.3 Å². The molecule has 4 heterocycles. The van der Waals surface area contributed by atoms with Crippen LogP contribution in [-0.2, 0) is 4.74 Å². The summed E-state index contributed by atoms with van der Waals surface area (Å²) in [5.74, 6) is 1.55. The number of rotatable bonds is 4. The molecule has 2 saturated heterocycles. The predicted molar refractivity (Wildman–Crippen MR) is 99.3 cm³/mol. The van der Waals surface area contributed by atoms with Crippen molar-refractivity contribution in [1.29, 1.82) is 0 Å². The third-order valence-corrected chi connectivity index (χ3v) is 5.29. The molecule has 25 heavy (non-hydrogen) atoms. The molecule has 0 spiro atoms. The zero-order chi connectivity index (χ0) is 17.2. The summed E-state index contributed by atoms with van der Waals surface area (Å²) >= 11 is 0. The van der Waals surface area contributed by atoms with Crippen LogP contribution in [-0.4, -0.2) is 64.9 Å². The van der Waals surface area contributed by atoms with Crippen molar-refractivity contribution in [1.82, 2.24) is 19.5 Å². The average Bonchev–Trinajstić information content (AvgIpc) is 3.22. The normalized spacial score (nSPS) is 22.8. The van der Waals surface area contributed by atoms with E-state index in [2.05, 4.69) is 34.8 Å². The lowest BCUT2D eigenvalue weighted by Crippen LogP contribution is -2.40. The molecule has 6 nitrogen and oxygen atoms in total. The molecular weight excluding hydrogens is 314 g/mol. The highest BCUT2D eigenvalue weighted by atomic mass is 16.5. The number of hydrogen-bond donors (Lipinski definition) is 0. The van der Waals surface area contributed by atoms with Crippen LogP contribution in [0.2, 0.25) is 0 Å². The van der Waals surface area contributed by atoms with E-state index < -0.39 is 0 Å². The summed E-state index contributed by atoms with van der Waals surface area (Å²) in [5.41, 5.74) is 2.06. The van der Waals surface area contributed by atoms with Crippen LogP contribution in [0.5, 0.6) is 0 Å². The fraction of sp³-hybridized carbons (Fsp3) is 0.684. The minimum absolute atomic E-state index is 0.266. The van der Waals surface area contributed by atoms with Crippen molar-refractivity contribution in [2.75, 3.05) is 44.2 Å². The van der Waals surface area contributed by atoms with E-state index in [1.807, 2.05) is 16.8 Å². The zero-order valence-corrected chi connectivity index (χ0v) is 15.4. The second kappa shape index (κ2) is 7.30. The molecule has 0 amide bonds. The summed E-state index contributed by atoms with van der Waals surface area (Å²) in [4.78, 5) is 9.74. The van der Waals surface area contributed by atoms with Crippen LogP contribution in [0.4, 0.5) is 5.82 Å². The number of ether oxygens (including phenoxy) is 1. The van der Waals surface area contributed by atoms with Gasteiger partial charge >= 0.3 is 0 Å². The Bertz CT molecular complexity index is 707.